The highest BCUT2D eigenvalue weighted by atomic mass is 79.9. The maximum atomic E-state index is 5.75. The van der Waals surface area contributed by atoms with Gasteiger partial charge in [0.15, 0.2) is 0 Å². The van der Waals surface area contributed by atoms with E-state index >= 15 is 0 Å². The van der Waals surface area contributed by atoms with Gasteiger partial charge in [-0.05, 0) is 60.4 Å². The van der Waals surface area contributed by atoms with Crippen molar-refractivity contribution in [3.8, 4) is 5.75 Å². The smallest absolute Gasteiger partial charge is 0.133 e. The van der Waals surface area contributed by atoms with Gasteiger partial charge in [0.05, 0.1) is 11.1 Å². The number of hydrogen-bond donors (Lipinski definition) is 0. The SMILES string of the molecule is Brc1ccccc1OCCCN1CCCCC1. The van der Waals surface area contributed by atoms with Crippen LogP contribution in [-0.2, 0) is 0 Å². The predicted molar refractivity (Wildman–Crippen MR) is 74.5 cm³/mol. The molecule has 1 aliphatic heterocycles. The lowest BCUT2D eigenvalue weighted by Gasteiger charge is -2.26. The Morgan fingerprint density at radius 2 is 1.88 bits per heavy atom. The molecule has 3 heteroatoms. The van der Waals surface area contributed by atoms with Gasteiger partial charge >= 0.3 is 0 Å². The van der Waals surface area contributed by atoms with Crippen molar-refractivity contribution in [2.75, 3.05) is 26.2 Å². The summed E-state index contributed by atoms with van der Waals surface area (Å²) in [6.07, 6.45) is 5.25. The van der Waals surface area contributed by atoms with E-state index in [4.69, 9.17) is 4.74 Å². The first kappa shape index (κ1) is 12.9. The molecule has 94 valence electrons. The first-order valence-electron chi connectivity index (χ1n) is 6.46. The maximum absolute atomic E-state index is 5.75. The van der Waals surface area contributed by atoms with Crippen molar-refractivity contribution >= 4 is 15.9 Å². The molecule has 17 heavy (non-hydrogen) atoms. The molecule has 2 nitrogen and oxygen atoms in total. The van der Waals surface area contributed by atoms with E-state index < -0.39 is 0 Å². The summed E-state index contributed by atoms with van der Waals surface area (Å²) in [6.45, 7) is 4.52. The van der Waals surface area contributed by atoms with Crippen molar-refractivity contribution in [1.29, 1.82) is 0 Å². The number of likely N-dealkylation sites (tertiary alicyclic amines) is 1. The number of ether oxygens (including phenoxy) is 1. The molecule has 0 aromatic heterocycles. The van der Waals surface area contributed by atoms with Crippen LogP contribution in [0.15, 0.2) is 28.7 Å². The standard InChI is InChI=1S/C14H20BrNO/c15-13-7-2-3-8-14(13)17-12-6-11-16-9-4-1-5-10-16/h2-3,7-8H,1,4-6,9-12H2. The largest absolute Gasteiger partial charge is 0.492 e. The number of para-hydroxylation sites is 1. The number of benzene rings is 1. The van der Waals surface area contributed by atoms with Gasteiger partial charge in [0.25, 0.3) is 0 Å². The Morgan fingerprint density at radius 1 is 1.12 bits per heavy atom. The van der Waals surface area contributed by atoms with Gasteiger partial charge in [0, 0.05) is 6.54 Å². The summed E-state index contributed by atoms with van der Waals surface area (Å²) in [5.41, 5.74) is 0. The first-order valence-corrected chi connectivity index (χ1v) is 7.25. The molecule has 0 atom stereocenters. The van der Waals surface area contributed by atoms with Crippen molar-refractivity contribution in [3.63, 3.8) is 0 Å². The number of piperidine rings is 1. The Morgan fingerprint density at radius 3 is 2.65 bits per heavy atom. The van der Waals surface area contributed by atoms with Gasteiger partial charge < -0.3 is 9.64 Å². The fraction of sp³-hybridized carbons (Fsp3) is 0.571. The summed E-state index contributed by atoms with van der Waals surface area (Å²) in [4.78, 5) is 2.55. The normalized spacial score (nSPS) is 17.0. The number of rotatable bonds is 5. The van der Waals surface area contributed by atoms with Gasteiger partial charge in [-0.1, -0.05) is 18.6 Å². The lowest BCUT2D eigenvalue weighted by atomic mass is 10.1. The van der Waals surface area contributed by atoms with E-state index in [2.05, 4.69) is 20.8 Å². The highest BCUT2D eigenvalue weighted by Gasteiger charge is 2.09. The van der Waals surface area contributed by atoms with Crippen LogP contribution in [0.25, 0.3) is 0 Å². The second kappa shape index (κ2) is 7.02. The Balaban J connectivity index is 1.64. The Hall–Kier alpha value is -0.540. The summed E-state index contributed by atoms with van der Waals surface area (Å²) < 4.78 is 6.79. The van der Waals surface area contributed by atoms with Crippen molar-refractivity contribution in [2.45, 2.75) is 25.7 Å². The quantitative estimate of drug-likeness (QED) is 0.768. The lowest BCUT2D eigenvalue weighted by Crippen LogP contribution is -2.31. The molecule has 0 spiro atoms. The summed E-state index contributed by atoms with van der Waals surface area (Å²) in [7, 11) is 0. The molecular formula is C14H20BrNO. The van der Waals surface area contributed by atoms with Crippen molar-refractivity contribution in [3.05, 3.63) is 28.7 Å². The zero-order valence-corrected chi connectivity index (χ0v) is 11.8. The van der Waals surface area contributed by atoms with Crippen LogP contribution in [0.2, 0.25) is 0 Å². The minimum Gasteiger partial charge on any atom is -0.492 e. The molecule has 1 aromatic rings. The second-order valence-corrected chi connectivity index (χ2v) is 5.39. The third kappa shape index (κ3) is 4.32. The summed E-state index contributed by atoms with van der Waals surface area (Å²) in [6, 6.07) is 8.03. The van der Waals surface area contributed by atoms with Gasteiger partial charge in [0.2, 0.25) is 0 Å². The molecule has 1 aliphatic rings. The topological polar surface area (TPSA) is 12.5 Å². The van der Waals surface area contributed by atoms with Crippen LogP contribution in [-0.4, -0.2) is 31.1 Å². The molecule has 2 rings (SSSR count). The highest BCUT2D eigenvalue weighted by molar-refractivity contribution is 9.10. The molecule has 1 fully saturated rings. The zero-order chi connectivity index (χ0) is 11.9. The van der Waals surface area contributed by atoms with E-state index in [0.29, 0.717) is 0 Å². The van der Waals surface area contributed by atoms with Gasteiger partial charge in [-0.25, -0.2) is 0 Å². The van der Waals surface area contributed by atoms with Crippen LogP contribution in [0.1, 0.15) is 25.7 Å². The highest BCUT2D eigenvalue weighted by Crippen LogP contribution is 2.23. The van der Waals surface area contributed by atoms with Gasteiger partial charge in [0.1, 0.15) is 5.75 Å². The molecule has 1 aromatic carbocycles. The Kier molecular flexibility index (Phi) is 5.33. The van der Waals surface area contributed by atoms with E-state index in [1.807, 2.05) is 24.3 Å². The first-order chi connectivity index (χ1) is 8.36. The van der Waals surface area contributed by atoms with Crippen LogP contribution in [0, 0.1) is 0 Å². The van der Waals surface area contributed by atoms with Crippen LogP contribution in [0.5, 0.6) is 5.75 Å². The molecule has 0 bridgehead atoms. The number of nitrogens with zero attached hydrogens (tertiary/aromatic N) is 1. The van der Waals surface area contributed by atoms with E-state index in [0.717, 1.165) is 23.2 Å². The Bertz CT molecular complexity index is 337. The molecule has 0 radical (unpaired) electrons. The van der Waals surface area contributed by atoms with E-state index in [1.165, 1.54) is 38.9 Å². The fourth-order valence-corrected chi connectivity index (χ4v) is 2.61. The minimum absolute atomic E-state index is 0.805. The lowest BCUT2D eigenvalue weighted by molar-refractivity contribution is 0.204. The average Bonchev–Trinajstić information content (AvgIpc) is 2.38. The van der Waals surface area contributed by atoms with Crippen LogP contribution in [0.3, 0.4) is 0 Å². The number of hydrogen-bond acceptors (Lipinski definition) is 2. The Labute approximate surface area is 112 Å². The number of halogens is 1. The van der Waals surface area contributed by atoms with Crippen molar-refractivity contribution in [2.24, 2.45) is 0 Å². The molecular weight excluding hydrogens is 278 g/mol. The fourth-order valence-electron chi connectivity index (χ4n) is 2.22. The third-order valence-corrected chi connectivity index (χ3v) is 3.82. The van der Waals surface area contributed by atoms with Crippen LogP contribution in [0.4, 0.5) is 0 Å². The maximum Gasteiger partial charge on any atom is 0.133 e. The zero-order valence-electron chi connectivity index (χ0n) is 10.2. The van der Waals surface area contributed by atoms with Gasteiger partial charge in [-0.15, -0.1) is 0 Å². The molecule has 0 aliphatic carbocycles. The van der Waals surface area contributed by atoms with E-state index in [-0.39, 0.29) is 0 Å². The van der Waals surface area contributed by atoms with E-state index in [9.17, 15) is 0 Å². The summed E-state index contributed by atoms with van der Waals surface area (Å²) in [5, 5.41) is 0. The van der Waals surface area contributed by atoms with Crippen LogP contribution >= 0.6 is 15.9 Å². The molecule has 1 saturated heterocycles. The molecule has 0 amide bonds. The summed E-state index contributed by atoms with van der Waals surface area (Å²) >= 11 is 3.49. The third-order valence-electron chi connectivity index (χ3n) is 3.16. The monoisotopic (exact) mass is 297 g/mol. The molecule has 1 heterocycles. The van der Waals surface area contributed by atoms with E-state index in [1.54, 1.807) is 0 Å². The molecule has 0 saturated carbocycles. The van der Waals surface area contributed by atoms with Crippen molar-refractivity contribution < 1.29 is 4.74 Å². The minimum atomic E-state index is 0.805. The second-order valence-electron chi connectivity index (χ2n) is 4.53. The average molecular weight is 298 g/mol. The molecule has 0 N–H and O–H groups in total. The van der Waals surface area contributed by atoms with Gasteiger partial charge in [-0.3, -0.25) is 0 Å². The van der Waals surface area contributed by atoms with Crippen LogP contribution < -0.4 is 4.74 Å². The van der Waals surface area contributed by atoms with Gasteiger partial charge in [-0.2, -0.15) is 0 Å². The summed E-state index contributed by atoms with van der Waals surface area (Å²) in [5.74, 6) is 0.950. The predicted octanol–water partition coefficient (Wildman–Crippen LogP) is 3.70. The molecule has 0 unspecified atom stereocenters. The van der Waals surface area contributed by atoms with Crippen molar-refractivity contribution in [1.82, 2.24) is 4.90 Å².